The number of amides is 2. The van der Waals surface area contributed by atoms with E-state index in [2.05, 4.69) is 10.2 Å². The van der Waals surface area contributed by atoms with Crippen LogP contribution in [-0.4, -0.2) is 31.1 Å². The van der Waals surface area contributed by atoms with Crippen molar-refractivity contribution in [2.75, 3.05) is 13.2 Å². The first kappa shape index (κ1) is 16.4. The molecule has 5 nitrogen and oxygen atoms in total. The lowest BCUT2D eigenvalue weighted by molar-refractivity contribution is -0.191. The second kappa shape index (κ2) is 7.85. The molecule has 0 aromatic carbocycles. The molecule has 0 aliphatic carbocycles. The highest BCUT2D eigenvalue weighted by molar-refractivity contribution is 7.12. The zero-order valence-corrected chi connectivity index (χ0v) is 11.1. The molecule has 0 bridgehead atoms. The summed E-state index contributed by atoms with van der Waals surface area (Å²) in [4.78, 5) is 27.1. The van der Waals surface area contributed by atoms with Crippen molar-refractivity contribution in [1.82, 2.24) is 10.8 Å². The van der Waals surface area contributed by atoms with E-state index in [1.165, 1.54) is 11.3 Å². The fraction of sp³-hybridized carbons (Fsp3) is 0.455. The number of halogens is 3. The van der Waals surface area contributed by atoms with Gasteiger partial charge in [0.15, 0.2) is 6.61 Å². The highest BCUT2D eigenvalue weighted by atomic mass is 32.1. The normalized spacial score (nSPS) is 11.2. The van der Waals surface area contributed by atoms with Crippen molar-refractivity contribution in [3.05, 3.63) is 22.4 Å². The average Bonchev–Trinajstić information content (AvgIpc) is 2.86. The number of carbonyl (C=O) groups is 2. The van der Waals surface area contributed by atoms with E-state index in [0.29, 0.717) is 11.3 Å². The standard InChI is InChI=1S/C11H13F3N2O3S/c12-11(13,14)7-19-16-9(17)4-1-5-15-10(18)8-3-2-6-20-8/h2-3,6H,1,4-5,7H2,(H,15,18)(H,16,17). The van der Waals surface area contributed by atoms with E-state index >= 15 is 0 Å². The minimum absolute atomic E-state index is 0.0391. The number of hydroxylamine groups is 1. The van der Waals surface area contributed by atoms with Gasteiger partial charge in [-0.05, 0) is 17.9 Å². The molecule has 0 fully saturated rings. The molecule has 20 heavy (non-hydrogen) atoms. The second-order valence-corrected chi connectivity index (χ2v) is 4.71. The molecule has 1 heterocycles. The Balaban J connectivity index is 2.06. The van der Waals surface area contributed by atoms with Crippen molar-refractivity contribution in [1.29, 1.82) is 0 Å². The Kier molecular flexibility index (Phi) is 6.46. The number of nitrogens with one attached hydrogen (secondary N) is 2. The van der Waals surface area contributed by atoms with Gasteiger partial charge in [-0.25, -0.2) is 5.48 Å². The molecule has 0 radical (unpaired) electrons. The van der Waals surface area contributed by atoms with E-state index in [4.69, 9.17) is 0 Å². The lowest BCUT2D eigenvalue weighted by Gasteiger charge is -2.08. The fourth-order valence-electron chi connectivity index (χ4n) is 1.20. The van der Waals surface area contributed by atoms with Gasteiger partial charge >= 0.3 is 6.18 Å². The van der Waals surface area contributed by atoms with E-state index < -0.39 is 18.7 Å². The van der Waals surface area contributed by atoms with Gasteiger partial charge in [0, 0.05) is 13.0 Å². The largest absolute Gasteiger partial charge is 0.414 e. The number of hydrogen-bond donors (Lipinski definition) is 2. The summed E-state index contributed by atoms with van der Waals surface area (Å²) in [6, 6.07) is 3.41. The summed E-state index contributed by atoms with van der Waals surface area (Å²) in [5.41, 5.74) is 1.69. The monoisotopic (exact) mass is 310 g/mol. The lowest BCUT2D eigenvalue weighted by Crippen LogP contribution is -2.30. The topological polar surface area (TPSA) is 67.4 Å². The van der Waals surface area contributed by atoms with Crippen LogP contribution in [0.2, 0.25) is 0 Å². The van der Waals surface area contributed by atoms with Crippen molar-refractivity contribution < 1.29 is 27.6 Å². The van der Waals surface area contributed by atoms with Crippen molar-refractivity contribution in [3.63, 3.8) is 0 Å². The number of alkyl halides is 3. The Morgan fingerprint density at radius 2 is 2.10 bits per heavy atom. The van der Waals surface area contributed by atoms with Crippen molar-refractivity contribution >= 4 is 23.2 Å². The molecule has 0 saturated carbocycles. The van der Waals surface area contributed by atoms with Gasteiger partial charge in [-0.15, -0.1) is 11.3 Å². The van der Waals surface area contributed by atoms with E-state index in [1.54, 1.807) is 23.0 Å². The van der Waals surface area contributed by atoms with Gasteiger partial charge in [0.05, 0.1) is 4.88 Å². The van der Waals surface area contributed by atoms with E-state index in [9.17, 15) is 22.8 Å². The van der Waals surface area contributed by atoms with Crippen molar-refractivity contribution in [2.45, 2.75) is 19.0 Å². The van der Waals surface area contributed by atoms with Gasteiger partial charge in [0.25, 0.3) is 5.91 Å². The highest BCUT2D eigenvalue weighted by Gasteiger charge is 2.28. The fourth-order valence-corrected chi connectivity index (χ4v) is 1.84. The molecule has 0 atom stereocenters. The Labute approximate surface area is 117 Å². The molecule has 2 N–H and O–H groups in total. The predicted octanol–water partition coefficient (Wildman–Crippen LogP) is 1.87. The Morgan fingerprint density at radius 1 is 1.35 bits per heavy atom. The van der Waals surface area contributed by atoms with Crippen LogP contribution in [-0.2, 0) is 9.63 Å². The number of hydrogen-bond acceptors (Lipinski definition) is 4. The first-order chi connectivity index (χ1) is 9.38. The van der Waals surface area contributed by atoms with Crippen LogP contribution in [0.1, 0.15) is 22.5 Å². The van der Waals surface area contributed by atoms with Crippen molar-refractivity contribution in [3.8, 4) is 0 Å². The van der Waals surface area contributed by atoms with Crippen LogP contribution in [0.4, 0.5) is 13.2 Å². The molecule has 1 aromatic heterocycles. The van der Waals surface area contributed by atoms with Gasteiger partial charge in [-0.3, -0.25) is 14.4 Å². The summed E-state index contributed by atoms with van der Waals surface area (Å²) in [5.74, 6) is -0.909. The van der Waals surface area contributed by atoms with E-state index in [1.807, 2.05) is 0 Å². The van der Waals surface area contributed by atoms with E-state index in [-0.39, 0.29) is 18.9 Å². The smallest absolute Gasteiger partial charge is 0.351 e. The molecule has 0 aliphatic rings. The Bertz CT molecular complexity index is 435. The molecule has 1 aromatic rings. The number of thiophene rings is 1. The van der Waals surface area contributed by atoms with Gasteiger partial charge in [-0.1, -0.05) is 6.07 Å². The predicted molar refractivity (Wildman–Crippen MR) is 66.0 cm³/mol. The van der Waals surface area contributed by atoms with Crippen LogP contribution >= 0.6 is 11.3 Å². The number of carbonyl (C=O) groups excluding carboxylic acids is 2. The van der Waals surface area contributed by atoms with Crippen molar-refractivity contribution in [2.24, 2.45) is 0 Å². The maximum Gasteiger partial charge on any atom is 0.414 e. The minimum atomic E-state index is -4.48. The summed E-state index contributed by atoms with van der Waals surface area (Å²) in [7, 11) is 0. The Hall–Kier alpha value is -1.61. The van der Waals surface area contributed by atoms with Crippen LogP contribution in [0.25, 0.3) is 0 Å². The van der Waals surface area contributed by atoms with Gasteiger partial charge in [0.2, 0.25) is 5.91 Å². The van der Waals surface area contributed by atoms with Crippen LogP contribution in [0, 0.1) is 0 Å². The third-order valence-corrected chi connectivity index (χ3v) is 2.90. The molecular formula is C11H13F3N2O3S. The van der Waals surface area contributed by atoms with Gasteiger partial charge < -0.3 is 5.32 Å². The maximum absolute atomic E-state index is 11.7. The first-order valence-electron chi connectivity index (χ1n) is 5.67. The summed E-state index contributed by atoms with van der Waals surface area (Å²) in [5, 5.41) is 4.36. The summed E-state index contributed by atoms with van der Waals surface area (Å²) in [6.45, 7) is -1.28. The molecule has 2 amide bonds. The van der Waals surface area contributed by atoms with Gasteiger partial charge in [-0.2, -0.15) is 13.2 Å². The number of rotatable bonds is 7. The SMILES string of the molecule is O=C(CCCNC(=O)c1cccs1)NOCC(F)(F)F. The molecule has 0 spiro atoms. The molecule has 9 heteroatoms. The maximum atomic E-state index is 11.7. The molecule has 0 unspecified atom stereocenters. The summed E-state index contributed by atoms with van der Waals surface area (Å²) >= 11 is 1.29. The molecule has 0 saturated heterocycles. The molecular weight excluding hydrogens is 297 g/mol. The van der Waals surface area contributed by atoms with Crippen LogP contribution in [0.3, 0.4) is 0 Å². The lowest BCUT2D eigenvalue weighted by atomic mass is 10.3. The average molecular weight is 310 g/mol. The van der Waals surface area contributed by atoms with Crippen LogP contribution < -0.4 is 10.8 Å². The van der Waals surface area contributed by atoms with E-state index in [0.717, 1.165) is 0 Å². The third kappa shape index (κ3) is 7.10. The summed E-state index contributed by atoms with van der Waals surface area (Å²) < 4.78 is 35.1. The molecule has 0 aliphatic heterocycles. The second-order valence-electron chi connectivity index (χ2n) is 3.77. The Morgan fingerprint density at radius 3 is 2.70 bits per heavy atom. The highest BCUT2D eigenvalue weighted by Crippen LogP contribution is 2.13. The third-order valence-electron chi connectivity index (χ3n) is 2.03. The minimum Gasteiger partial charge on any atom is -0.351 e. The summed E-state index contributed by atoms with van der Waals surface area (Å²) in [6.07, 6.45) is -4.22. The first-order valence-corrected chi connectivity index (χ1v) is 6.55. The van der Waals surface area contributed by atoms with Gasteiger partial charge in [0.1, 0.15) is 0 Å². The quantitative estimate of drug-likeness (QED) is 0.597. The molecule has 1 rings (SSSR count). The van der Waals surface area contributed by atoms with Crippen LogP contribution in [0.5, 0.6) is 0 Å². The van der Waals surface area contributed by atoms with Crippen LogP contribution in [0.15, 0.2) is 17.5 Å². The molecule has 112 valence electrons. The zero-order valence-electron chi connectivity index (χ0n) is 10.3. The zero-order chi connectivity index (χ0) is 15.0.